The summed E-state index contributed by atoms with van der Waals surface area (Å²) in [6.07, 6.45) is 0. The van der Waals surface area contributed by atoms with E-state index >= 15 is 0 Å². The Hall–Kier alpha value is -8.96. The van der Waals surface area contributed by atoms with E-state index in [1.54, 1.807) is 0 Å². The number of aromatic nitrogens is 3. The van der Waals surface area contributed by atoms with Crippen LogP contribution in [0.3, 0.4) is 0 Å². The monoisotopic (exact) mass is 907 g/mol. The Balaban J connectivity index is 1.08. The van der Waals surface area contributed by atoms with E-state index in [2.05, 4.69) is 287 Å². The molecule has 0 radical (unpaired) electrons. The molecule has 3 nitrogen and oxygen atoms in total. The van der Waals surface area contributed by atoms with Crippen LogP contribution >= 0.6 is 0 Å². The van der Waals surface area contributed by atoms with Crippen LogP contribution in [0.1, 0.15) is 0 Å². The second-order valence-corrected chi connectivity index (χ2v) is 22.2. The minimum absolute atomic E-state index is 1.11. The molecule has 14 aromatic rings. The fourth-order valence-electron chi connectivity index (χ4n) is 11.8. The van der Waals surface area contributed by atoms with Gasteiger partial charge >= 0.3 is 0 Å². The highest BCUT2D eigenvalue weighted by Crippen LogP contribution is 2.41. The molecule has 0 N–H and O–H groups in total. The Morgan fingerprint density at radius 1 is 0.229 bits per heavy atom. The van der Waals surface area contributed by atoms with Crippen molar-refractivity contribution < 1.29 is 0 Å². The van der Waals surface area contributed by atoms with Crippen LogP contribution in [0.15, 0.2) is 273 Å². The SMILES string of the molecule is c1ccc(-c2ccc(-n3c4ccc(-n5c6ccccc6c6ccccc65)cc4c4cccc(-n5c6ccccc6c6ccc([Si](c7ccccc7)(c7ccccc7)c7ccccc7)cc65)c43)cc2)cc1. The molecule has 0 amide bonds. The number of nitrogens with zero attached hydrogens (tertiary/aromatic N) is 3. The fraction of sp³-hybridized carbons (Fsp3) is 0. The predicted octanol–water partition coefficient (Wildman–Crippen LogP) is 14.0. The summed E-state index contributed by atoms with van der Waals surface area (Å²) in [5, 5.41) is 12.8. The first-order valence-electron chi connectivity index (χ1n) is 24.2. The van der Waals surface area contributed by atoms with Crippen LogP contribution in [0.5, 0.6) is 0 Å². The van der Waals surface area contributed by atoms with Crippen molar-refractivity contribution in [3.05, 3.63) is 273 Å². The van der Waals surface area contributed by atoms with E-state index in [9.17, 15) is 0 Å². The van der Waals surface area contributed by atoms with Gasteiger partial charge in [-0.1, -0.05) is 212 Å². The summed E-state index contributed by atoms with van der Waals surface area (Å²) in [6, 6.07) is 101. The molecular formula is C66H45N3Si. The lowest BCUT2D eigenvalue weighted by molar-refractivity contribution is 1.13. The molecular weight excluding hydrogens is 863 g/mol. The Labute approximate surface area is 407 Å². The Kier molecular flexibility index (Phi) is 9.23. The lowest BCUT2D eigenvalue weighted by atomic mass is 10.1. The van der Waals surface area contributed by atoms with E-state index in [0.29, 0.717) is 0 Å². The quantitative estimate of drug-likeness (QED) is 0.107. The van der Waals surface area contributed by atoms with Gasteiger partial charge in [0.05, 0.1) is 38.8 Å². The lowest BCUT2D eigenvalue weighted by Crippen LogP contribution is -2.74. The molecule has 328 valence electrons. The lowest BCUT2D eigenvalue weighted by Gasteiger charge is -2.34. The molecule has 0 atom stereocenters. The first-order chi connectivity index (χ1) is 34.8. The minimum Gasteiger partial charge on any atom is -0.309 e. The summed E-state index contributed by atoms with van der Waals surface area (Å²) in [4.78, 5) is 0. The zero-order chi connectivity index (χ0) is 46.2. The topological polar surface area (TPSA) is 14.8 Å². The third-order valence-corrected chi connectivity index (χ3v) is 19.6. The molecule has 0 aliphatic carbocycles. The molecule has 0 saturated carbocycles. The molecule has 4 heteroatoms. The number of fused-ring (bicyclic) bond motifs is 9. The highest BCUT2D eigenvalue weighted by molar-refractivity contribution is 7.20. The van der Waals surface area contributed by atoms with Crippen molar-refractivity contribution in [2.75, 3.05) is 0 Å². The standard InChI is InChI=1S/C66H45N3Si/c1-5-20-46(21-6-1)47-36-38-48(39-37-47)68-63-43-40-49(67-60-32-16-13-28-54(60)55-29-14-17-33-61(55)67)44-59(63)58-31-19-35-64(66(58)68)69-62-34-18-15-30-56(62)57-42-41-53(45-65(57)69)70(50-22-7-2-8-23-50,51-24-9-3-10-25-51)52-26-11-4-12-27-52/h1-45H. The third kappa shape index (κ3) is 6.00. The molecule has 14 rings (SSSR count). The molecule has 0 fully saturated rings. The van der Waals surface area contributed by atoms with Crippen LogP contribution < -0.4 is 20.7 Å². The van der Waals surface area contributed by atoms with Crippen molar-refractivity contribution >= 4 is 94.2 Å². The van der Waals surface area contributed by atoms with Crippen LogP contribution in [-0.2, 0) is 0 Å². The number of benzene rings is 11. The van der Waals surface area contributed by atoms with Crippen molar-refractivity contribution in [2.24, 2.45) is 0 Å². The van der Waals surface area contributed by atoms with E-state index in [1.165, 1.54) is 86.3 Å². The van der Waals surface area contributed by atoms with Crippen molar-refractivity contribution in [3.8, 4) is 28.2 Å². The highest BCUT2D eigenvalue weighted by Gasteiger charge is 2.41. The summed E-state index contributed by atoms with van der Waals surface area (Å²) < 4.78 is 7.49. The van der Waals surface area contributed by atoms with E-state index in [-0.39, 0.29) is 0 Å². The van der Waals surface area contributed by atoms with Crippen molar-refractivity contribution in [3.63, 3.8) is 0 Å². The fourth-order valence-corrected chi connectivity index (χ4v) is 16.6. The van der Waals surface area contributed by atoms with Crippen molar-refractivity contribution in [1.29, 1.82) is 0 Å². The maximum Gasteiger partial charge on any atom is 0.179 e. The smallest absolute Gasteiger partial charge is 0.179 e. The molecule has 0 aliphatic rings. The van der Waals surface area contributed by atoms with Gasteiger partial charge in [-0.3, -0.25) is 0 Å². The van der Waals surface area contributed by atoms with Crippen molar-refractivity contribution in [2.45, 2.75) is 0 Å². The zero-order valence-electron chi connectivity index (χ0n) is 38.3. The van der Waals surface area contributed by atoms with Gasteiger partial charge in [0.15, 0.2) is 8.07 Å². The van der Waals surface area contributed by atoms with Crippen LogP contribution in [0.4, 0.5) is 0 Å². The van der Waals surface area contributed by atoms with E-state index in [0.717, 1.165) is 28.1 Å². The minimum atomic E-state index is -2.86. The maximum atomic E-state index is 2.55. The van der Waals surface area contributed by atoms with Crippen molar-refractivity contribution in [1.82, 2.24) is 13.7 Å². The van der Waals surface area contributed by atoms with Crippen LogP contribution in [0, 0.1) is 0 Å². The summed E-state index contributed by atoms with van der Waals surface area (Å²) >= 11 is 0. The van der Waals surface area contributed by atoms with E-state index < -0.39 is 8.07 Å². The van der Waals surface area contributed by atoms with Gasteiger partial charge in [0.2, 0.25) is 0 Å². The number of hydrogen-bond acceptors (Lipinski definition) is 0. The maximum absolute atomic E-state index is 2.86. The van der Waals surface area contributed by atoms with Crippen LogP contribution in [-0.4, -0.2) is 21.8 Å². The zero-order valence-corrected chi connectivity index (χ0v) is 39.3. The summed E-state index contributed by atoms with van der Waals surface area (Å²) in [6.45, 7) is 0. The molecule has 3 heterocycles. The highest BCUT2D eigenvalue weighted by atomic mass is 28.3. The Morgan fingerprint density at radius 2 is 0.671 bits per heavy atom. The Morgan fingerprint density at radius 3 is 1.24 bits per heavy atom. The normalized spacial score (nSPS) is 12.0. The average molecular weight is 908 g/mol. The van der Waals surface area contributed by atoms with Gasteiger partial charge in [-0.05, 0) is 92.5 Å². The average Bonchev–Trinajstić information content (AvgIpc) is 4.08. The number of hydrogen-bond donors (Lipinski definition) is 0. The van der Waals surface area contributed by atoms with Gasteiger partial charge in [-0.15, -0.1) is 0 Å². The van der Waals surface area contributed by atoms with Gasteiger partial charge < -0.3 is 13.7 Å². The molecule has 0 aliphatic heterocycles. The van der Waals surface area contributed by atoms with Crippen LogP contribution in [0.25, 0.3) is 93.6 Å². The summed E-state index contributed by atoms with van der Waals surface area (Å²) in [7, 11) is -2.86. The molecule has 0 bridgehead atoms. The number of rotatable bonds is 8. The first-order valence-corrected chi connectivity index (χ1v) is 26.2. The number of para-hydroxylation sites is 4. The molecule has 0 unspecified atom stereocenters. The molecule has 0 spiro atoms. The summed E-state index contributed by atoms with van der Waals surface area (Å²) in [5.41, 5.74) is 12.9. The van der Waals surface area contributed by atoms with Gasteiger partial charge in [0, 0.05) is 43.7 Å². The Bertz CT molecular complexity index is 4110. The van der Waals surface area contributed by atoms with Crippen LogP contribution in [0.2, 0.25) is 0 Å². The molecule has 3 aromatic heterocycles. The van der Waals surface area contributed by atoms with Gasteiger partial charge in [0.1, 0.15) is 0 Å². The first kappa shape index (κ1) is 40.1. The van der Waals surface area contributed by atoms with Gasteiger partial charge in [-0.25, -0.2) is 0 Å². The molecule has 11 aromatic carbocycles. The van der Waals surface area contributed by atoms with E-state index in [1.807, 2.05) is 0 Å². The second-order valence-electron chi connectivity index (χ2n) is 18.4. The molecule has 70 heavy (non-hydrogen) atoms. The summed E-state index contributed by atoms with van der Waals surface area (Å²) in [5.74, 6) is 0. The predicted molar refractivity (Wildman–Crippen MR) is 299 cm³/mol. The third-order valence-electron chi connectivity index (χ3n) is 14.8. The molecule has 0 saturated heterocycles. The van der Waals surface area contributed by atoms with Gasteiger partial charge in [0.25, 0.3) is 0 Å². The second kappa shape index (κ2) is 16.1. The van der Waals surface area contributed by atoms with E-state index in [4.69, 9.17) is 0 Å². The van der Waals surface area contributed by atoms with Gasteiger partial charge in [-0.2, -0.15) is 0 Å². The largest absolute Gasteiger partial charge is 0.309 e.